The van der Waals surface area contributed by atoms with E-state index in [1.165, 1.54) is 6.42 Å². The summed E-state index contributed by atoms with van der Waals surface area (Å²) in [4.78, 5) is 8.40. The average Bonchev–Trinajstić information content (AvgIpc) is 2.30. The Morgan fingerprint density at radius 1 is 1.22 bits per heavy atom. The second-order valence-electron chi connectivity index (χ2n) is 5.17. The molecule has 0 N–H and O–H groups in total. The van der Waals surface area contributed by atoms with Gasteiger partial charge in [0, 0.05) is 0 Å². The van der Waals surface area contributed by atoms with Gasteiger partial charge in [-0.15, -0.1) is 0 Å². The molecule has 18 heavy (non-hydrogen) atoms. The molecule has 0 bridgehead atoms. The molecule has 0 saturated heterocycles. The van der Waals surface area contributed by atoms with E-state index in [9.17, 15) is 0 Å². The molecule has 5 heteroatoms. The van der Waals surface area contributed by atoms with Gasteiger partial charge in [0.15, 0.2) is 0 Å². The lowest BCUT2D eigenvalue weighted by molar-refractivity contribution is 0.0911. The summed E-state index contributed by atoms with van der Waals surface area (Å²) in [6.07, 6.45) is 5.31. The zero-order valence-corrected chi connectivity index (χ0v) is 12.6. The molecule has 1 fully saturated rings. The van der Waals surface area contributed by atoms with Gasteiger partial charge in [0.25, 0.3) is 0 Å². The number of nitrogens with zero attached hydrogens (tertiary/aromatic N) is 2. The van der Waals surface area contributed by atoms with Crippen LogP contribution in [0.3, 0.4) is 0 Å². The number of hydrogen-bond donors (Lipinski definition) is 0. The maximum absolute atomic E-state index is 5.87. The summed E-state index contributed by atoms with van der Waals surface area (Å²) in [5, 5.41) is 0. The third kappa shape index (κ3) is 3.34. The van der Waals surface area contributed by atoms with E-state index in [1.54, 1.807) is 13.3 Å². The van der Waals surface area contributed by atoms with Crippen molar-refractivity contribution in [2.45, 2.75) is 39.2 Å². The van der Waals surface area contributed by atoms with Crippen LogP contribution in [0.1, 0.15) is 33.1 Å². The Labute approximate surface area is 116 Å². The van der Waals surface area contributed by atoms with E-state index in [4.69, 9.17) is 9.47 Å². The molecule has 1 aromatic heterocycles. The quantitative estimate of drug-likeness (QED) is 0.857. The number of rotatable bonds is 3. The second kappa shape index (κ2) is 5.87. The smallest absolute Gasteiger partial charge is 0.320 e. The first-order chi connectivity index (χ1) is 8.58. The van der Waals surface area contributed by atoms with Crippen molar-refractivity contribution in [2.24, 2.45) is 11.8 Å². The molecule has 2 rings (SSSR count). The maximum Gasteiger partial charge on any atom is 0.320 e. The van der Waals surface area contributed by atoms with Gasteiger partial charge in [-0.3, -0.25) is 0 Å². The van der Waals surface area contributed by atoms with Crippen LogP contribution in [0.4, 0.5) is 0 Å². The second-order valence-corrected chi connectivity index (χ2v) is 6.02. The maximum atomic E-state index is 5.87. The Bertz CT molecular complexity index is 404. The molecule has 1 heterocycles. The molecular formula is C13H19BrN2O2. The molecule has 1 saturated carbocycles. The zero-order chi connectivity index (χ0) is 13.1. The molecule has 2 atom stereocenters. The van der Waals surface area contributed by atoms with Crippen LogP contribution >= 0.6 is 15.9 Å². The first-order valence-corrected chi connectivity index (χ1v) is 7.11. The molecule has 1 aromatic rings. The van der Waals surface area contributed by atoms with Crippen molar-refractivity contribution in [3.63, 3.8) is 0 Å². The molecule has 2 unspecified atom stereocenters. The predicted octanol–water partition coefficient (Wildman–Crippen LogP) is 3.45. The molecule has 0 aromatic carbocycles. The predicted molar refractivity (Wildman–Crippen MR) is 72.9 cm³/mol. The van der Waals surface area contributed by atoms with E-state index < -0.39 is 0 Å². The molecule has 100 valence electrons. The van der Waals surface area contributed by atoms with Crippen molar-refractivity contribution in [3.05, 3.63) is 10.7 Å². The highest BCUT2D eigenvalue weighted by atomic mass is 79.9. The molecule has 0 radical (unpaired) electrons. The first kappa shape index (κ1) is 13.6. The van der Waals surface area contributed by atoms with Crippen LogP contribution in [0, 0.1) is 11.8 Å². The van der Waals surface area contributed by atoms with Crippen LogP contribution < -0.4 is 9.47 Å². The molecular weight excluding hydrogens is 296 g/mol. The van der Waals surface area contributed by atoms with Gasteiger partial charge in [0.1, 0.15) is 6.10 Å². The monoisotopic (exact) mass is 314 g/mol. The Morgan fingerprint density at radius 2 is 1.89 bits per heavy atom. The number of aromatic nitrogens is 2. The van der Waals surface area contributed by atoms with E-state index in [0.717, 1.165) is 17.3 Å². The molecule has 4 nitrogen and oxygen atoms in total. The van der Waals surface area contributed by atoms with E-state index in [-0.39, 0.29) is 6.10 Å². The summed E-state index contributed by atoms with van der Waals surface area (Å²) in [5.41, 5.74) is 0. The lowest BCUT2D eigenvalue weighted by atomic mass is 9.82. The van der Waals surface area contributed by atoms with E-state index in [0.29, 0.717) is 23.7 Å². The van der Waals surface area contributed by atoms with E-state index in [1.807, 2.05) is 0 Å². The van der Waals surface area contributed by atoms with Gasteiger partial charge in [-0.1, -0.05) is 13.8 Å². The fraction of sp³-hybridized carbons (Fsp3) is 0.692. The summed E-state index contributed by atoms with van der Waals surface area (Å²) in [6, 6.07) is 0.404. The van der Waals surface area contributed by atoms with Crippen molar-refractivity contribution < 1.29 is 9.47 Å². The van der Waals surface area contributed by atoms with Gasteiger partial charge in [0.2, 0.25) is 5.88 Å². The highest BCUT2D eigenvalue weighted by Crippen LogP contribution is 2.31. The van der Waals surface area contributed by atoms with Gasteiger partial charge >= 0.3 is 6.01 Å². The Kier molecular flexibility index (Phi) is 4.43. The number of halogens is 1. The Morgan fingerprint density at radius 3 is 2.50 bits per heavy atom. The molecule has 0 spiro atoms. The minimum Gasteiger partial charge on any atom is -0.480 e. The lowest BCUT2D eigenvalue weighted by Gasteiger charge is -2.30. The number of methoxy groups -OCH3 is 1. The Hall–Kier alpha value is -0.840. The van der Waals surface area contributed by atoms with Crippen LogP contribution in [0.5, 0.6) is 11.9 Å². The van der Waals surface area contributed by atoms with Gasteiger partial charge < -0.3 is 9.47 Å². The van der Waals surface area contributed by atoms with Crippen molar-refractivity contribution in [2.75, 3.05) is 7.11 Å². The lowest BCUT2D eigenvalue weighted by Crippen LogP contribution is -2.29. The van der Waals surface area contributed by atoms with Crippen LogP contribution in [0.2, 0.25) is 0 Å². The summed E-state index contributed by atoms with van der Waals surface area (Å²) >= 11 is 3.33. The first-order valence-electron chi connectivity index (χ1n) is 6.31. The molecule has 0 amide bonds. The van der Waals surface area contributed by atoms with Crippen molar-refractivity contribution in [3.8, 4) is 11.9 Å². The summed E-state index contributed by atoms with van der Waals surface area (Å²) in [6.45, 7) is 4.55. The van der Waals surface area contributed by atoms with Crippen molar-refractivity contribution in [1.82, 2.24) is 9.97 Å². The summed E-state index contributed by atoms with van der Waals surface area (Å²) in [5.74, 6) is 1.92. The molecule has 1 aliphatic carbocycles. The fourth-order valence-corrected chi connectivity index (χ4v) is 3.01. The van der Waals surface area contributed by atoms with Gasteiger partial charge in [-0.05, 0) is 47.0 Å². The Balaban J connectivity index is 2.04. The number of hydrogen-bond acceptors (Lipinski definition) is 4. The van der Waals surface area contributed by atoms with Crippen LogP contribution in [-0.4, -0.2) is 23.2 Å². The average molecular weight is 315 g/mol. The van der Waals surface area contributed by atoms with E-state index >= 15 is 0 Å². The van der Waals surface area contributed by atoms with Crippen molar-refractivity contribution >= 4 is 15.9 Å². The fourth-order valence-electron chi connectivity index (χ4n) is 2.65. The molecule has 1 aliphatic rings. The third-order valence-corrected chi connectivity index (χ3v) is 3.83. The van der Waals surface area contributed by atoms with Crippen LogP contribution in [0.15, 0.2) is 10.7 Å². The number of ether oxygens (including phenoxy) is 2. The van der Waals surface area contributed by atoms with Crippen LogP contribution in [-0.2, 0) is 0 Å². The minimum atomic E-state index is 0.217. The van der Waals surface area contributed by atoms with E-state index in [2.05, 4.69) is 39.7 Å². The SMILES string of the molecule is COc1nc(OC2CC(C)CC(C)C2)ncc1Br. The standard InChI is InChI=1S/C13H19BrN2O2/c1-8-4-9(2)6-10(5-8)18-13-15-7-11(14)12(16-13)17-3/h7-10H,4-6H2,1-3H3. The summed E-state index contributed by atoms with van der Waals surface area (Å²) in [7, 11) is 1.58. The third-order valence-electron chi connectivity index (χ3n) is 3.29. The van der Waals surface area contributed by atoms with Gasteiger partial charge in [-0.2, -0.15) is 4.98 Å². The largest absolute Gasteiger partial charge is 0.480 e. The van der Waals surface area contributed by atoms with Crippen molar-refractivity contribution in [1.29, 1.82) is 0 Å². The normalized spacial score (nSPS) is 27.9. The van der Waals surface area contributed by atoms with Gasteiger partial charge in [0.05, 0.1) is 17.8 Å². The highest BCUT2D eigenvalue weighted by Gasteiger charge is 2.26. The zero-order valence-electron chi connectivity index (χ0n) is 11.0. The topological polar surface area (TPSA) is 44.2 Å². The van der Waals surface area contributed by atoms with Crippen LogP contribution in [0.25, 0.3) is 0 Å². The summed E-state index contributed by atoms with van der Waals surface area (Å²) < 4.78 is 11.7. The molecule has 0 aliphatic heterocycles. The minimum absolute atomic E-state index is 0.217. The highest BCUT2D eigenvalue weighted by molar-refractivity contribution is 9.10. The van der Waals surface area contributed by atoms with Gasteiger partial charge in [-0.25, -0.2) is 4.98 Å².